The van der Waals surface area contributed by atoms with Crippen molar-refractivity contribution in [2.75, 3.05) is 0 Å². The van der Waals surface area contributed by atoms with E-state index in [1.807, 2.05) is 0 Å². The van der Waals surface area contributed by atoms with Crippen LogP contribution in [0.4, 0.5) is 0 Å². The molecule has 4 heteroatoms. The first-order valence-corrected chi connectivity index (χ1v) is 0. The minimum atomic E-state index is 0. The summed E-state index contributed by atoms with van der Waals surface area (Å²) in [6.45, 7) is 0. The van der Waals surface area contributed by atoms with Crippen LogP contribution in [0.1, 0.15) is 0 Å². The van der Waals surface area contributed by atoms with Gasteiger partial charge in [0.15, 0.2) is 0 Å². The van der Waals surface area contributed by atoms with Crippen LogP contribution in [0, 0.1) is 0 Å². The van der Waals surface area contributed by atoms with Gasteiger partial charge >= 0.3 is 0 Å². The van der Waals surface area contributed by atoms with E-state index in [1.54, 1.807) is 0 Å². The Morgan fingerprint density at radius 1 is 1.00 bits per heavy atom. The van der Waals surface area contributed by atoms with Crippen LogP contribution in [0.3, 0.4) is 0 Å². The second-order valence-electron chi connectivity index (χ2n) is 0. The second kappa shape index (κ2) is 20.3. The molecule has 0 aromatic heterocycles. The van der Waals surface area contributed by atoms with E-state index in [0.29, 0.717) is 0 Å². The molecule has 0 aromatic carbocycles. The first kappa shape index (κ1) is 38.4. The number of rotatable bonds is 0. The maximum absolute atomic E-state index is 0. The Morgan fingerprint density at radius 3 is 1.00 bits per heavy atom. The van der Waals surface area contributed by atoms with Crippen molar-refractivity contribution in [1.29, 1.82) is 0 Å². The molecule has 28 valence electrons. The molecular weight excluding hydrogens is 330 g/mol. The van der Waals surface area contributed by atoms with Gasteiger partial charge in [0, 0.05) is 66.2 Å². The van der Waals surface area contributed by atoms with E-state index >= 15 is 0 Å². The molecule has 0 aromatic rings. The molecule has 0 aliphatic carbocycles. The fraction of sp³-hybridized carbons (Fsp3) is 0. The second-order valence-corrected chi connectivity index (χ2v) is 0. The van der Waals surface area contributed by atoms with Gasteiger partial charge in [0.25, 0.3) is 0 Å². The molecule has 0 unspecified atom stereocenters. The summed E-state index contributed by atoms with van der Waals surface area (Å²) >= 11 is 0. The molecule has 0 rings (SSSR count). The van der Waals surface area contributed by atoms with Crippen LogP contribution >= 0.6 is 0 Å². The van der Waals surface area contributed by atoms with Crippen molar-refractivity contribution in [2.45, 2.75) is 0 Å². The minimum Gasteiger partial charge on any atom is 0 e. The SMILES string of the molecule is [Cu].[Mn].[Si].[W]. The summed E-state index contributed by atoms with van der Waals surface area (Å²) < 4.78 is 0. The third-order valence-electron chi connectivity index (χ3n) is 0. The Labute approximate surface area is 65.7 Å². The van der Waals surface area contributed by atoms with Crippen molar-refractivity contribution >= 4 is 11.0 Å². The number of hydrogen-bond donors (Lipinski definition) is 0. The van der Waals surface area contributed by atoms with Crippen molar-refractivity contribution < 1.29 is 55.2 Å². The van der Waals surface area contributed by atoms with E-state index in [-0.39, 0.29) is 66.2 Å². The molecule has 0 atom stereocenters. The molecule has 6 radical (unpaired) electrons. The van der Waals surface area contributed by atoms with Crippen LogP contribution in [-0.2, 0) is 55.2 Å². The molecule has 0 bridgehead atoms. The standard InChI is InChI=1S/Cu.Mn.Si.W. The summed E-state index contributed by atoms with van der Waals surface area (Å²) in [6.07, 6.45) is 0. The van der Waals surface area contributed by atoms with Crippen LogP contribution in [0.15, 0.2) is 0 Å². The molecule has 0 aliphatic rings. The van der Waals surface area contributed by atoms with E-state index in [2.05, 4.69) is 0 Å². The first-order chi connectivity index (χ1) is 0. The molecule has 0 fully saturated rings. The van der Waals surface area contributed by atoms with Gasteiger partial charge in [0.2, 0.25) is 0 Å². The van der Waals surface area contributed by atoms with Gasteiger partial charge in [-0.2, -0.15) is 0 Å². The zero-order chi connectivity index (χ0) is 0. The molecule has 0 N–H and O–H groups in total. The van der Waals surface area contributed by atoms with E-state index in [0.717, 1.165) is 0 Å². The smallest absolute Gasteiger partial charge is 0 e. The van der Waals surface area contributed by atoms with Crippen LogP contribution in [0.2, 0.25) is 0 Å². The zero-order valence-corrected chi connectivity index (χ0v) is 7.64. The molecule has 0 aliphatic heterocycles. The van der Waals surface area contributed by atoms with Gasteiger partial charge in [0.05, 0.1) is 0 Å². The minimum absolute atomic E-state index is 0. The van der Waals surface area contributed by atoms with E-state index in [1.165, 1.54) is 0 Å². The van der Waals surface area contributed by atoms with Gasteiger partial charge in [0.1, 0.15) is 0 Å². The maximum atomic E-state index is 0. The molecular formula is CuMnSiW. The summed E-state index contributed by atoms with van der Waals surface area (Å²) in [4.78, 5) is 0. The van der Waals surface area contributed by atoms with Crippen LogP contribution in [0.5, 0.6) is 0 Å². The maximum Gasteiger partial charge on any atom is 0 e. The van der Waals surface area contributed by atoms with Gasteiger partial charge in [-0.3, -0.25) is 0 Å². The van der Waals surface area contributed by atoms with Crippen molar-refractivity contribution in [1.82, 2.24) is 0 Å². The molecule has 4 heavy (non-hydrogen) atoms. The fourth-order valence-corrected chi connectivity index (χ4v) is 0. The molecule has 0 saturated carbocycles. The van der Waals surface area contributed by atoms with Gasteiger partial charge in [-0.05, 0) is 0 Å². The first-order valence-electron chi connectivity index (χ1n) is 0. The average molecular weight is 330 g/mol. The molecule has 0 spiro atoms. The van der Waals surface area contributed by atoms with Gasteiger partial charge in [-0.1, -0.05) is 0 Å². The van der Waals surface area contributed by atoms with Crippen molar-refractivity contribution in [3.63, 3.8) is 0 Å². The summed E-state index contributed by atoms with van der Waals surface area (Å²) in [6, 6.07) is 0. The monoisotopic (exact) mass is 330 g/mol. The van der Waals surface area contributed by atoms with Crippen LogP contribution in [0.25, 0.3) is 0 Å². The largest absolute Gasteiger partial charge is 0 e. The Hall–Kier alpha value is 1.94. The van der Waals surface area contributed by atoms with Crippen molar-refractivity contribution in [2.24, 2.45) is 0 Å². The summed E-state index contributed by atoms with van der Waals surface area (Å²) in [5.41, 5.74) is 0. The summed E-state index contributed by atoms with van der Waals surface area (Å²) in [5.74, 6) is 0. The van der Waals surface area contributed by atoms with Crippen molar-refractivity contribution in [3.8, 4) is 0 Å². The van der Waals surface area contributed by atoms with Crippen LogP contribution in [-0.4, -0.2) is 11.0 Å². The van der Waals surface area contributed by atoms with Gasteiger partial charge < -0.3 is 0 Å². The van der Waals surface area contributed by atoms with E-state index < -0.39 is 0 Å². The Kier molecular flexibility index (Phi) is 196. The molecule has 0 saturated heterocycles. The van der Waals surface area contributed by atoms with E-state index in [9.17, 15) is 0 Å². The average Bonchev–Trinajstić information content (AvgIpc) is 0. The summed E-state index contributed by atoms with van der Waals surface area (Å²) in [5, 5.41) is 0. The molecule has 0 amide bonds. The Bertz CT molecular complexity index is 8.00. The van der Waals surface area contributed by atoms with Crippen molar-refractivity contribution in [3.05, 3.63) is 0 Å². The van der Waals surface area contributed by atoms with Gasteiger partial charge in [-0.25, -0.2) is 0 Å². The zero-order valence-electron chi connectivity index (χ0n) is 1.59. The quantitative estimate of drug-likeness (QED) is 0.531. The summed E-state index contributed by atoms with van der Waals surface area (Å²) in [7, 11) is 0. The molecule has 0 heterocycles. The van der Waals surface area contributed by atoms with Gasteiger partial charge in [-0.15, -0.1) is 0 Å². The topological polar surface area (TPSA) is 0 Å². The predicted octanol–water partition coefficient (Wildman–Crippen LogP) is -0.388. The molecule has 0 nitrogen and oxygen atoms in total. The third-order valence-corrected chi connectivity index (χ3v) is 0. The Morgan fingerprint density at radius 2 is 1.00 bits per heavy atom. The third kappa shape index (κ3) is 9.05. The Balaban J connectivity index is 0. The van der Waals surface area contributed by atoms with Crippen LogP contribution < -0.4 is 0 Å². The van der Waals surface area contributed by atoms with E-state index in [4.69, 9.17) is 0 Å². The number of hydrogen-bond acceptors (Lipinski definition) is 0. The predicted molar refractivity (Wildman–Crippen MR) is 5.75 cm³/mol. The normalized spacial score (nSPS) is 0. The fourth-order valence-electron chi connectivity index (χ4n) is 0.